The van der Waals surface area contributed by atoms with Gasteiger partial charge in [0.1, 0.15) is 0 Å². The largest absolute Gasteiger partial charge is 0.399 e. The predicted molar refractivity (Wildman–Crippen MR) is 68.1 cm³/mol. The lowest BCUT2D eigenvalue weighted by Crippen LogP contribution is -2.29. The number of alkyl halides is 2. The molecule has 1 aromatic carbocycles. The van der Waals surface area contributed by atoms with Crippen LogP contribution in [0, 0.1) is 12.8 Å². The van der Waals surface area contributed by atoms with Crippen molar-refractivity contribution in [2.45, 2.75) is 33.6 Å². The Morgan fingerprint density at radius 1 is 1.35 bits per heavy atom. The van der Waals surface area contributed by atoms with E-state index in [2.05, 4.69) is 4.99 Å². The van der Waals surface area contributed by atoms with Crippen LogP contribution in [-0.4, -0.2) is 11.6 Å². The number of rotatable bonds is 3. The smallest absolute Gasteiger partial charge is 0.283 e. The predicted octanol–water partition coefficient (Wildman–Crippen LogP) is 3.96. The molecule has 0 saturated heterocycles. The zero-order chi connectivity index (χ0) is 13.2. The first-order valence-corrected chi connectivity index (χ1v) is 5.55. The lowest BCUT2D eigenvalue weighted by Gasteiger charge is -2.17. The van der Waals surface area contributed by atoms with Crippen LogP contribution in [-0.2, 0) is 0 Å². The third kappa shape index (κ3) is 3.51. The van der Waals surface area contributed by atoms with E-state index in [0.29, 0.717) is 11.4 Å². The second-order valence-corrected chi connectivity index (χ2v) is 4.59. The number of nitrogen functional groups attached to an aromatic ring is 1. The van der Waals surface area contributed by atoms with E-state index >= 15 is 0 Å². The summed E-state index contributed by atoms with van der Waals surface area (Å²) in [6.07, 6.45) is 0. The van der Waals surface area contributed by atoms with Crippen LogP contribution in [0.5, 0.6) is 0 Å². The van der Waals surface area contributed by atoms with Crippen LogP contribution in [0.15, 0.2) is 23.2 Å². The average Bonchev–Trinajstić information content (AvgIpc) is 2.17. The molecule has 0 radical (unpaired) electrons. The minimum absolute atomic E-state index is 0.119. The van der Waals surface area contributed by atoms with Crippen molar-refractivity contribution in [3.05, 3.63) is 23.8 Å². The third-order valence-corrected chi connectivity index (χ3v) is 2.47. The Morgan fingerprint density at radius 3 is 2.41 bits per heavy atom. The van der Waals surface area contributed by atoms with Gasteiger partial charge in [-0.15, -0.1) is 0 Å². The highest BCUT2D eigenvalue weighted by Crippen LogP contribution is 2.27. The summed E-state index contributed by atoms with van der Waals surface area (Å²) in [6, 6.07) is 5.12. The summed E-state index contributed by atoms with van der Waals surface area (Å²) in [6.45, 7) is 6.10. The highest BCUT2D eigenvalue weighted by molar-refractivity contribution is 5.94. The van der Waals surface area contributed by atoms with Gasteiger partial charge in [0, 0.05) is 12.6 Å². The molecular formula is C13H18F2N2. The average molecular weight is 240 g/mol. The number of hydrogen-bond acceptors (Lipinski definition) is 2. The summed E-state index contributed by atoms with van der Waals surface area (Å²) in [5.74, 6) is -3.22. The summed E-state index contributed by atoms with van der Waals surface area (Å²) < 4.78 is 26.8. The fourth-order valence-corrected chi connectivity index (χ4v) is 1.61. The molecule has 94 valence electrons. The highest BCUT2D eigenvalue weighted by Gasteiger charge is 2.31. The molecule has 0 atom stereocenters. The van der Waals surface area contributed by atoms with Gasteiger partial charge < -0.3 is 5.73 Å². The van der Waals surface area contributed by atoms with E-state index in [1.54, 1.807) is 32.0 Å². The lowest BCUT2D eigenvalue weighted by molar-refractivity contribution is 0.0954. The van der Waals surface area contributed by atoms with Gasteiger partial charge in [0.2, 0.25) is 0 Å². The number of nitrogens with zero attached hydrogens (tertiary/aromatic N) is 1. The molecule has 0 spiro atoms. The third-order valence-electron chi connectivity index (χ3n) is 2.47. The van der Waals surface area contributed by atoms with Gasteiger partial charge in [-0.1, -0.05) is 19.9 Å². The van der Waals surface area contributed by atoms with Gasteiger partial charge in [0.05, 0.1) is 11.4 Å². The molecule has 1 rings (SSSR count). The Morgan fingerprint density at radius 2 is 1.94 bits per heavy atom. The van der Waals surface area contributed by atoms with Gasteiger partial charge >= 0.3 is 0 Å². The molecule has 0 saturated carbocycles. The molecule has 0 amide bonds. The Bertz CT molecular complexity index is 432. The van der Waals surface area contributed by atoms with Gasteiger partial charge in [-0.3, -0.25) is 4.99 Å². The fraction of sp³-hybridized carbons (Fsp3) is 0.462. The van der Waals surface area contributed by atoms with Gasteiger partial charge in [-0.2, -0.15) is 0 Å². The number of nitrogens with two attached hydrogens (primary N) is 1. The molecule has 2 N–H and O–H groups in total. The zero-order valence-corrected chi connectivity index (χ0v) is 10.6. The summed E-state index contributed by atoms with van der Waals surface area (Å²) in [5, 5.41) is 0. The molecule has 1 aromatic rings. The van der Waals surface area contributed by atoms with Crippen LogP contribution in [0.25, 0.3) is 0 Å². The first-order valence-electron chi connectivity index (χ1n) is 5.55. The SMILES string of the molecule is Cc1ccc(N)cc1/N=C(\C(C)C)C(C)(F)F. The monoisotopic (exact) mass is 240 g/mol. The first-order chi connectivity index (χ1) is 7.71. The van der Waals surface area contributed by atoms with Crippen LogP contribution in [0.1, 0.15) is 26.3 Å². The maximum Gasteiger partial charge on any atom is 0.283 e. The Labute approximate surface area is 101 Å². The van der Waals surface area contributed by atoms with E-state index in [0.717, 1.165) is 12.5 Å². The number of halogens is 2. The minimum Gasteiger partial charge on any atom is -0.399 e. The zero-order valence-electron chi connectivity index (χ0n) is 10.6. The van der Waals surface area contributed by atoms with E-state index in [1.807, 2.05) is 6.92 Å². The topological polar surface area (TPSA) is 38.4 Å². The second kappa shape index (κ2) is 4.82. The molecule has 4 heteroatoms. The van der Waals surface area contributed by atoms with E-state index in [9.17, 15) is 8.78 Å². The first kappa shape index (κ1) is 13.6. The quantitative estimate of drug-likeness (QED) is 0.630. The molecule has 0 aliphatic rings. The number of aryl methyl sites for hydroxylation is 1. The van der Waals surface area contributed by atoms with Gasteiger partial charge in [-0.25, -0.2) is 8.78 Å². The summed E-state index contributed by atoms with van der Waals surface area (Å²) in [4.78, 5) is 4.08. The highest BCUT2D eigenvalue weighted by atomic mass is 19.3. The minimum atomic E-state index is -2.91. The van der Waals surface area contributed by atoms with Crippen molar-refractivity contribution in [3.63, 3.8) is 0 Å². The summed E-state index contributed by atoms with van der Waals surface area (Å²) in [5.41, 5.74) is 7.38. The van der Waals surface area contributed by atoms with E-state index in [4.69, 9.17) is 5.73 Å². The normalized spacial score (nSPS) is 13.2. The summed E-state index contributed by atoms with van der Waals surface area (Å²) in [7, 11) is 0. The van der Waals surface area contributed by atoms with Crippen molar-refractivity contribution < 1.29 is 8.78 Å². The standard InChI is InChI=1S/C13H18F2N2/c1-8(2)12(13(4,14)15)17-11-7-10(16)6-5-9(11)3/h5-8H,16H2,1-4H3/b17-12+. The van der Waals surface area contributed by atoms with E-state index in [1.165, 1.54) is 0 Å². The number of benzene rings is 1. The fourth-order valence-electron chi connectivity index (χ4n) is 1.61. The van der Waals surface area contributed by atoms with Gasteiger partial charge in [0.25, 0.3) is 5.92 Å². The maximum atomic E-state index is 13.4. The van der Waals surface area contributed by atoms with Crippen molar-refractivity contribution in [2.24, 2.45) is 10.9 Å². The number of anilines is 1. The molecule has 0 aromatic heterocycles. The van der Waals surface area contributed by atoms with Crippen LogP contribution in [0.3, 0.4) is 0 Å². The number of aliphatic imine (C=N–C) groups is 1. The molecule has 0 bridgehead atoms. The maximum absolute atomic E-state index is 13.4. The van der Waals surface area contributed by atoms with Crippen LogP contribution in [0.4, 0.5) is 20.2 Å². The van der Waals surface area contributed by atoms with Crippen molar-refractivity contribution in [1.82, 2.24) is 0 Å². The van der Waals surface area contributed by atoms with Crippen molar-refractivity contribution >= 4 is 17.1 Å². The van der Waals surface area contributed by atoms with Gasteiger partial charge in [0.15, 0.2) is 0 Å². The molecule has 0 fully saturated rings. The molecule has 17 heavy (non-hydrogen) atoms. The molecule has 0 aliphatic carbocycles. The molecule has 0 heterocycles. The molecule has 0 unspecified atom stereocenters. The Balaban J connectivity index is 3.27. The lowest BCUT2D eigenvalue weighted by atomic mass is 10.0. The van der Waals surface area contributed by atoms with Crippen LogP contribution in [0.2, 0.25) is 0 Å². The van der Waals surface area contributed by atoms with Gasteiger partial charge in [-0.05, 0) is 30.5 Å². The van der Waals surface area contributed by atoms with Crippen molar-refractivity contribution in [3.8, 4) is 0 Å². The molecule has 2 nitrogen and oxygen atoms in total. The van der Waals surface area contributed by atoms with Crippen molar-refractivity contribution in [1.29, 1.82) is 0 Å². The summed E-state index contributed by atoms with van der Waals surface area (Å²) >= 11 is 0. The molecular weight excluding hydrogens is 222 g/mol. The van der Waals surface area contributed by atoms with E-state index < -0.39 is 5.92 Å². The Kier molecular flexibility index (Phi) is 3.86. The van der Waals surface area contributed by atoms with Crippen LogP contribution >= 0.6 is 0 Å². The number of hydrogen-bond donors (Lipinski definition) is 1. The molecule has 0 aliphatic heterocycles. The van der Waals surface area contributed by atoms with E-state index in [-0.39, 0.29) is 11.6 Å². The Hall–Kier alpha value is -1.45. The second-order valence-electron chi connectivity index (χ2n) is 4.59. The van der Waals surface area contributed by atoms with Crippen LogP contribution < -0.4 is 5.73 Å². The van der Waals surface area contributed by atoms with Crippen molar-refractivity contribution in [2.75, 3.05) is 5.73 Å².